The molecule has 242 valence electrons. The number of carbonyl (C=O) groups is 2. The summed E-state index contributed by atoms with van der Waals surface area (Å²) in [5, 5.41) is 15.5. The van der Waals surface area contributed by atoms with Gasteiger partial charge < -0.3 is 20.1 Å². The summed E-state index contributed by atoms with van der Waals surface area (Å²) in [5.41, 5.74) is 4.05. The molecule has 5 aromatic rings. The topological polar surface area (TPSA) is 119 Å². The normalized spacial score (nSPS) is 13.7. The van der Waals surface area contributed by atoms with Crippen LogP contribution in [0.1, 0.15) is 50.4 Å². The summed E-state index contributed by atoms with van der Waals surface area (Å²) in [6.45, 7) is 9.68. The molecule has 3 N–H and O–H groups in total. The second kappa shape index (κ2) is 13.6. The van der Waals surface area contributed by atoms with E-state index in [0.29, 0.717) is 49.1 Å². The number of aromatic nitrogens is 3. The second-order valence-electron chi connectivity index (χ2n) is 12.8. The fourth-order valence-electron chi connectivity index (χ4n) is 5.50. The van der Waals surface area contributed by atoms with Crippen molar-refractivity contribution in [3.05, 3.63) is 102 Å². The van der Waals surface area contributed by atoms with Gasteiger partial charge in [-0.25, -0.2) is 14.5 Å². The van der Waals surface area contributed by atoms with Crippen LogP contribution in [0.4, 0.5) is 22.1 Å². The highest BCUT2D eigenvalue weighted by Crippen LogP contribution is 2.33. The predicted octanol–water partition coefficient (Wildman–Crippen LogP) is 7.61. The molecule has 0 radical (unpaired) electrons. The Balaban J connectivity index is 1.19. The number of hydrogen-bond acceptors (Lipinski definition) is 6. The fraction of sp³-hybridized carbons (Fsp3) is 0.297. The fourth-order valence-corrected chi connectivity index (χ4v) is 5.50. The number of pyridine rings is 1. The average molecular weight is 633 g/mol. The lowest BCUT2D eigenvalue weighted by Gasteiger charge is -2.21. The van der Waals surface area contributed by atoms with E-state index in [9.17, 15) is 9.59 Å². The summed E-state index contributed by atoms with van der Waals surface area (Å²) in [5.74, 6) is 1.55. The van der Waals surface area contributed by atoms with Crippen LogP contribution in [0, 0.1) is 12.8 Å². The lowest BCUT2D eigenvalue weighted by atomic mass is 9.92. The van der Waals surface area contributed by atoms with Crippen LogP contribution >= 0.6 is 0 Å². The Morgan fingerprint density at radius 1 is 0.915 bits per heavy atom. The van der Waals surface area contributed by atoms with E-state index in [-0.39, 0.29) is 23.8 Å². The van der Waals surface area contributed by atoms with Crippen LogP contribution < -0.4 is 20.7 Å². The zero-order valence-electron chi connectivity index (χ0n) is 27.2. The van der Waals surface area contributed by atoms with Gasteiger partial charge in [-0.3, -0.25) is 10.1 Å². The number of fused-ring (bicyclic) bond motifs is 1. The Morgan fingerprint density at radius 3 is 2.40 bits per heavy atom. The number of aryl methyl sites for hydroxylation is 1. The van der Waals surface area contributed by atoms with E-state index in [2.05, 4.69) is 41.7 Å². The minimum absolute atomic E-state index is 0.0519. The van der Waals surface area contributed by atoms with Crippen LogP contribution in [0.2, 0.25) is 0 Å². The highest BCUT2D eigenvalue weighted by Gasteiger charge is 2.24. The van der Waals surface area contributed by atoms with Crippen LogP contribution in [0.15, 0.2) is 85.1 Å². The third-order valence-corrected chi connectivity index (χ3v) is 8.24. The van der Waals surface area contributed by atoms with E-state index in [1.165, 1.54) is 0 Å². The van der Waals surface area contributed by atoms with Gasteiger partial charge in [0.1, 0.15) is 24.0 Å². The molecule has 2 aromatic heterocycles. The van der Waals surface area contributed by atoms with Crippen LogP contribution in [0.25, 0.3) is 16.5 Å². The molecule has 47 heavy (non-hydrogen) atoms. The molecule has 1 aliphatic heterocycles. The quantitative estimate of drug-likeness (QED) is 0.162. The number of nitrogens with one attached hydrogen (secondary N) is 3. The van der Waals surface area contributed by atoms with Gasteiger partial charge in [0.25, 0.3) is 0 Å². The number of ether oxygens (including phenoxy) is 2. The summed E-state index contributed by atoms with van der Waals surface area (Å²) in [7, 11) is 0. The Hall–Kier alpha value is -5.22. The van der Waals surface area contributed by atoms with Crippen molar-refractivity contribution in [2.45, 2.75) is 52.6 Å². The van der Waals surface area contributed by atoms with Crippen LogP contribution in [0.5, 0.6) is 5.75 Å². The number of hydrogen-bond donors (Lipinski definition) is 3. The summed E-state index contributed by atoms with van der Waals surface area (Å²) >= 11 is 0. The van der Waals surface area contributed by atoms with Gasteiger partial charge in [-0.2, -0.15) is 5.10 Å². The number of anilines is 3. The maximum Gasteiger partial charge on any atom is 0.324 e. The highest BCUT2D eigenvalue weighted by atomic mass is 16.5. The molecule has 1 saturated heterocycles. The van der Waals surface area contributed by atoms with Crippen molar-refractivity contribution < 1.29 is 19.1 Å². The van der Waals surface area contributed by atoms with Crippen molar-refractivity contribution in [1.82, 2.24) is 14.8 Å². The van der Waals surface area contributed by atoms with E-state index in [0.717, 1.165) is 33.3 Å². The molecule has 1 aliphatic rings. The molecule has 1 fully saturated rings. The third-order valence-electron chi connectivity index (χ3n) is 8.24. The molecule has 0 bridgehead atoms. The van der Waals surface area contributed by atoms with E-state index < -0.39 is 6.03 Å². The number of carbonyl (C=O) groups excluding carboxylic acids is 2. The first kappa shape index (κ1) is 31.7. The SMILES string of the molecule is Cc1ccc(-n2nc(C(C)(C)C)cc2NC(=O)Nc2ccc(OCc3cccnc3NC(=O)C3CCOCC3)c3ccccc23)cc1. The number of amides is 3. The van der Waals surface area contributed by atoms with Gasteiger partial charge in [0.15, 0.2) is 0 Å². The van der Waals surface area contributed by atoms with Gasteiger partial charge in [-0.1, -0.05) is 68.8 Å². The molecule has 0 saturated carbocycles. The van der Waals surface area contributed by atoms with Crippen molar-refractivity contribution in [3.63, 3.8) is 0 Å². The van der Waals surface area contributed by atoms with Crippen molar-refractivity contribution in [2.75, 3.05) is 29.2 Å². The van der Waals surface area contributed by atoms with Gasteiger partial charge >= 0.3 is 6.03 Å². The maximum absolute atomic E-state index is 13.4. The number of benzene rings is 3. The Labute approximate surface area is 274 Å². The molecular formula is C37H40N6O4. The molecule has 3 amide bonds. The van der Waals surface area contributed by atoms with Crippen molar-refractivity contribution in [1.29, 1.82) is 0 Å². The van der Waals surface area contributed by atoms with Gasteiger partial charge in [-0.15, -0.1) is 0 Å². The molecule has 0 unspecified atom stereocenters. The summed E-state index contributed by atoms with van der Waals surface area (Å²) < 4.78 is 13.4. The Kier molecular flexibility index (Phi) is 9.22. The Bertz CT molecular complexity index is 1890. The zero-order valence-corrected chi connectivity index (χ0v) is 27.2. The molecule has 0 atom stereocenters. The first-order chi connectivity index (χ1) is 22.7. The van der Waals surface area contributed by atoms with Crippen LogP contribution in [-0.4, -0.2) is 39.9 Å². The lowest BCUT2D eigenvalue weighted by molar-refractivity contribution is -0.122. The van der Waals surface area contributed by atoms with Gasteiger partial charge in [0, 0.05) is 53.1 Å². The third kappa shape index (κ3) is 7.44. The molecule has 10 nitrogen and oxygen atoms in total. The van der Waals surface area contributed by atoms with E-state index >= 15 is 0 Å². The minimum Gasteiger partial charge on any atom is -0.488 e. The maximum atomic E-state index is 13.4. The number of rotatable bonds is 8. The Morgan fingerprint density at radius 2 is 1.66 bits per heavy atom. The van der Waals surface area contributed by atoms with E-state index in [4.69, 9.17) is 14.6 Å². The largest absolute Gasteiger partial charge is 0.488 e. The van der Waals surface area contributed by atoms with Crippen molar-refractivity contribution in [3.8, 4) is 11.4 Å². The number of urea groups is 1. The number of nitrogens with zero attached hydrogens (tertiary/aromatic N) is 3. The zero-order chi connectivity index (χ0) is 33.0. The molecule has 6 rings (SSSR count). The smallest absolute Gasteiger partial charge is 0.324 e. The average Bonchev–Trinajstić information content (AvgIpc) is 3.50. The summed E-state index contributed by atoms with van der Waals surface area (Å²) in [6, 6.07) is 24.6. The van der Waals surface area contributed by atoms with Crippen LogP contribution in [0.3, 0.4) is 0 Å². The second-order valence-corrected chi connectivity index (χ2v) is 12.8. The minimum atomic E-state index is -0.391. The first-order valence-corrected chi connectivity index (χ1v) is 15.9. The van der Waals surface area contributed by atoms with Gasteiger partial charge in [-0.05, 0) is 50.1 Å². The van der Waals surface area contributed by atoms with E-state index in [1.807, 2.05) is 85.8 Å². The standard InChI is InChI=1S/C37H40N6O4/c1-24-11-13-27(14-12-24)43-33(22-32(42-43)37(2,3)4)40-36(45)39-30-15-16-31(29-10-6-5-9-28(29)30)47-23-26-8-7-19-38-34(26)41-35(44)25-17-20-46-21-18-25/h5-16,19,22,25H,17-18,20-21,23H2,1-4H3,(H,38,41,44)(H2,39,40,45). The van der Waals surface area contributed by atoms with Crippen molar-refractivity contribution >= 4 is 40.0 Å². The predicted molar refractivity (Wildman–Crippen MR) is 184 cm³/mol. The van der Waals surface area contributed by atoms with Gasteiger partial charge in [0.05, 0.1) is 17.1 Å². The van der Waals surface area contributed by atoms with E-state index in [1.54, 1.807) is 10.9 Å². The molecule has 0 aliphatic carbocycles. The summed E-state index contributed by atoms with van der Waals surface area (Å²) in [6.07, 6.45) is 3.05. The molecule has 3 aromatic carbocycles. The molecular weight excluding hydrogens is 592 g/mol. The lowest BCUT2D eigenvalue weighted by Crippen LogP contribution is -2.29. The highest BCUT2D eigenvalue weighted by molar-refractivity contribution is 6.07. The molecule has 10 heteroatoms. The van der Waals surface area contributed by atoms with Gasteiger partial charge in [0.2, 0.25) is 5.91 Å². The molecule has 0 spiro atoms. The molecule has 3 heterocycles. The monoisotopic (exact) mass is 632 g/mol. The first-order valence-electron chi connectivity index (χ1n) is 15.9. The van der Waals surface area contributed by atoms with Crippen molar-refractivity contribution in [2.24, 2.45) is 5.92 Å². The summed E-state index contributed by atoms with van der Waals surface area (Å²) in [4.78, 5) is 30.7. The van der Waals surface area contributed by atoms with Crippen LogP contribution in [-0.2, 0) is 21.6 Å².